The third-order valence-corrected chi connectivity index (χ3v) is 4.27. The zero-order valence-corrected chi connectivity index (χ0v) is 12.6. The average molecular weight is 285 g/mol. The molecule has 1 atom stereocenters. The van der Waals surface area contributed by atoms with Gasteiger partial charge in [0.25, 0.3) is 0 Å². The second-order valence-electron chi connectivity index (χ2n) is 6.22. The summed E-state index contributed by atoms with van der Waals surface area (Å²) in [5, 5.41) is 3.16. The van der Waals surface area contributed by atoms with Crippen LogP contribution in [0.1, 0.15) is 62.5 Å². The number of amides is 1. The van der Waals surface area contributed by atoms with E-state index in [-0.39, 0.29) is 11.9 Å². The van der Waals surface area contributed by atoms with Crippen LogP contribution in [0.3, 0.4) is 0 Å². The summed E-state index contributed by atoms with van der Waals surface area (Å²) >= 11 is 0. The number of hydrogen-bond donors (Lipinski definition) is 1. The number of aromatic nitrogens is 2. The Bertz CT molecular complexity index is 549. The van der Waals surface area contributed by atoms with Crippen LogP contribution in [0, 0.1) is 12.8 Å². The van der Waals surface area contributed by atoms with Crippen LogP contribution in [0.15, 0.2) is 23.9 Å². The molecule has 0 unspecified atom stereocenters. The highest BCUT2D eigenvalue weighted by Gasteiger charge is 2.35. The van der Waals surface area contributed by atoms with Gasteiger partial charge in [0.15, 0.2) is 5.82 Å². The molecule has 21 heavy (non-hydrogen) atoms. The fourth-order valence-corrected chi connectivity index (χ4v) is 2.94. The Morgan fingerprint density at radius 2 is 2.29 bits per heavy atom. The Kier molecular flexibility index (Phi) is 4.32. The van der Waals surface area contributed by atoms with Crippen molar-refractivity contribution in [1.29, 1.82) is 0 Å². The first-order chi connectivity index (χ1) is 10.2. The molecule has 4 heteroatoms. The van der Waals surface area contributed by atoms with Crippen molar-refractivity contribution in [1.82, 2.24) is 15.3 Å². The molecule has 1 aromatic heterocycles. The van der Waals surface area contributed by atoms with Gasteiger partial charge in [-0.2, -0.15) is 0 Å². The molecule has 1 saturated carbocycles. The predicted octanol–water partition coefficient (Wildman–Crippen LogP) is 3.24. The topological polar surface area (TPSA) is 54.9 Å². The Balaban J connectivity index is 1.65. The minimum absolute atomic E-state index is 0.0124. The molecular formula is C17H23N3O. The maximum atomic E-state index is 12.3. The maximum Gasteiger partial charge on any atom is 0.224 e. The molecule has 1 N–H and O–H groups in total. The summed E-state index contributed by atoms with van der Waals surface area (Å²) in [7, 11) is 0. The van der Waals surface area contributed by atoms with E-state index in [1.807, 2.05) is 13.0 Å². The lowest BCUT2D eigenvalue weighted by molar-refractivity contribution is -0.121. The minimum Gasteiger partial charge on any atom is -0.346 e. The highest BCUT2D eigenvalue weighted by Crippen LogP contribution is 2.40. The van der Waals surface area contributed by atoms with Gasteiger partial charge in [-0.25, -0.2) is 9.97 Å². The molecule has 1 amide bonds. The van der Waals surface area contributed by atoms with Crippen molar-refractivity contribution in [2.75, 3.05) is 0 Å². The van der Waals surface area contributed by atoms with Crippen molar-refractivity contribution in [2.45, 2.75) is 57.9 Å². The van der Waals surface area contributed by atoms with Gasteiger partial charge in [0.05, 0.1) is 6.04 Å². The van der Waals surface area contributed by atoms with Crippen LogP contribution >= 0.6 is 0 Å². The highest BCUT2D eigenvalue weighted by atomic mass is 16.1. The molecule has 1 fully saturated rings. The van der Waals surface area contributed by atoms with E-state index in [0.29, 0.717) is 12.3 Å². The summed E-state index contributed by atoms with van der Waals surface area (Å²) in [5.41, 5.74) is 2.24. The zero-order valence-electron chi connectivity index (χ0n) is 12.6. The summed E-state index contributed by atoms with van der Waals surface area (Å²) in [5.74, 6) is 1.39. The van der Waals surface area contributed by atoms with E-state index in [1.165, 1.54) is 18.4 Å². The lowest BCUT2D eigenvalue weighted by Crippen LogP contribution is -2.31. The molecule has 0 bridgehead atoms. The molecule has 1 aromatic rings. The van der Waals surface area contributed by atoms with Gasteiger partial charge in [0.1, 0.15) is 0 Å². The first-order valence-electron chi connectivity index (χ1n) is 7.99. The first-order valence-corrected chi connectivity index (χ1v) is 7.99. The lowest BCUT2D eigenvalue weighted by Gasteiger charge is -2.18. The molecular weight excluding hydrogens is 262 g/mol. The standard InChI is InChI=1S/C17H23N3O/c1-12-9-10-18-17(19-12)16(14-7-8-14)20-15(21)11-13-5-3-2-4-6-13/h5,9-10,14,16H,2-4,6-8,11H2,1H3,(H,20,21)/t16-/m0/s1. The SMILES string of the molecule is Cc1ccnc([C@@H](NC(=O)CC2=CCCCC2)C2CC2)n1. The molecule has 3 rings (SSSR count). The molecule has 112 valence electrons. The third-order valence-electron chi connectivity index (χ3n) is 4.27. The van der Waals surface area contributed by atoms with Gasteiger partial charge in [-0.05, 0) is 57.4 Å². The second kappa shape index (κ2) is 6.37. The molecule has 1 heterocycles. The molecule has 2 aliphatic rings. The molecule has 0 aromatic carbocycles. The predicted molar refractivity (Wildman–Crippen MR) is 81.5 cm³/mol. The Morgan fingerprint density at radius 1 is 1.43 bits per heavy atom. The average Bonchev–Trinajstić information content (AvgIpc) is 3.30. The number of carbonyl (C=O) groups is 1. The fourth-order valence-electron chi connectivity index (χ4n) is 2.94. The van der Waals surface area contributed by atoms with Crippen molar-refractivity contribution < 1.29 is 4.79 Å². The van der Waals surface area contributed by atoms with E-state index >= 15 is 0 Å². The summed E-state index contributed by atoms with van der Waals surface area (Å²) < 4.78 is 0. The molecule has 0 spiro atoms. The van der Waals surface area contributed by atoms with Crippen molar-refractivity contribution in [3.05, 3.63) is 35.4 Å². The summed E-state index contributed by atoms with van der Waals surface area (Å²) in [6.07, 6.45) is 11.5. The maximum absolute atomic E-state index is 12.3. The second-order valence-corrected chi connectivity index (χ2v) is 6.22. The zero-order chi connectivity index (χ0) is 14.7. The Labute approximate surface area is 126 Å². The lowest BCUT2D eigenvalue weighted by atomic mass is 9.97. The summed E-state index contributed by atoms with van der Waals surface area (Å²) in [6.45, 7) is 1.96. The van der Waals surface area contributed by atoms with Gasteiger partial charge in [-0.3, -0.25) is 4.79 Å². The molecule has 2 aliphatic carbocycles. The van der Waals surface area contributed by atoms with Crippen LogP contribution in [0.25, 0.3) is 0 Å². The van der Waals surface area contributed by atoms with E-state index in [0.717, 1.165) is 37.2 Å². The van der Waals surface area contributed by atoms with E-state index in [2.05, 4.69) is 21.4 Å². The van der Waals surface area contributed by atoms with Crippen LogP contribution in [0.4, 0.5) is 0 Å². The third kappa shape index (κ3) is 3.90. The van der Waals surface area contributed by atoms with E-state index < -0.39 is 0 Å². The van der Waals surface area contributed by atoms with E-state index in [1.54, 1.807) is 6.20 Å². The van der Waals surface area contributed by atoms with Crippen LogP contribution in [0.5, 0.6) is 0 Å². The van der Waals surface area contributed by atoms with Crippen molar-refractivity contribution in [3.63, 3.8) is 0 Å². The quantitative estimate of drug-likeness (QED) is 0.845. The summed E-state index contributed by atoms with van der Waals surface area (Å²) in [6, 6.07) is 1.88. The van der Waals surface area contributed by atoms with Crippen molar-refractivity contribution >= 4 is 5.91 Å². The Morgan fingerprint density at radius 3 is 2.95 bits per heavy atom. The number of nitrogens with one attached hydrogen (secondary N) is 1. The van der Waals surface area contributed by atoms with Crippen LogP contribution in [-0.4, -0.2) is 15.9 Å². The van der Waals surface area contributed by atoms with Gasteiger partial charge in [0, 0.05) is 18.3 Å². The van der Waals surface area contributed by atoms with Crippen molar-refractivity contribution in [2.24, 2.45) is 5.92 Å². The molecule has 0 saturated heterocycles. The minimum atomic E-state index is -0.0124. The van der Waals surface area contributed by atoms with Crippen LogP contribution < -0.4 is 5.32 Å². The number of aryl methyl sites for hydroxylation is 1. The van der Waals surface area contributed by atoms with Gasteiger partial charge in [0.2, 0.25) is 5.91 Å². The largest absolute Gasteiger partial charge is 0.346 e. The first kappa shape index (κ1) is 14.2. The number of nitrogens with zero attached hydrogens (tertiary/aromatic N) is 2. The number of carbonyl (C=O) groups excluding carboxylic acids is 1. The Hall–Kier alpha value is -1.71. The number of rotatable bonds is 5. The molecule has 0 radical (unpaired) electrons. The number of allylic oxidation sites excluding steroid dienone is 1. The van der Waals surface area contributed by atoms with Crippen LogP contribution in [0.2, 0.25) is 0 Å². The monoisotopic (exact) mass is 285 g/mol. The van der Waals surface area contributed by atoms with Crippen molar-refractivity contribution in [3.8, 4) is 0 Å². The normalized spacial score (nSPS) is 19.8. The highest BCUT2D eigenvalue weighted by molar-refractivity contribution is 5.79. The molecule has 0 aliphatic heterocycles. The van der Waals surface area contributed by atoms with Gasteiger partial charge >= 0.3 is 0 Å². The van der Waals surface area contributed by atoms with E-state index in [4.69, 9.17) is 0 Å². The summed E-state index contributed by atoms with van der Waals surface area (Å²) in [4.78, 5) is 21.2. The smallest absolute Gasteiger partial charge is 0.224 e. The fraction of sp³-hybridized carbons (Fsp3) is 0.588. The molecule has 4 nitrogen and oxygen atoms in total. The van der Waals surface area contributed by atoms with Gasteiger partial charge < -0.3 is 5.32 Å². The van der Waals surface area contributed by atoms with Crippen LogP contribution in [-0.2, 0) is 4.79 Å². The van der Waals surface area contributed by atoms with E-state index in [9.17, 15) is 4.79 Å². The number of hydrogen-bond acceptors (Lipinski definition) is 3. The van der Waals surface area contributed by atoms with Gasteiger partial charge in [-0.15, -0.1) is 0 Å². The van der Waals surface area contributed by atoms with Gasteiger partial charge in [-0.1, -0.05) is 11.6 Å².